The van der Waals surface area contributed by atoms with E-state index in [0.717, 1.165) is 36.8 Å². The second kappa shape index (κ2) is 16.6. The molecule has 2 amide bonds. The van der Waals surface area contributed by atoms with E-state index in [0.29, 0.717) is 40.0 Å². The number of benzene rings is 2. The highest BCUT2D eigenvalue weighted by Gasteiger charge is 2.29. The van der Waals surface area contributed by atoms with Gasteiger partial charge in [0.1, 0.15) is 42.8 Å². The maximum absolute atomic E-state index is 13.9. The van der Waals surface area contributed by atoms with Crippen LogP contribution < -0.4 is 21.2 Å². The van der Waals surface area contributed by atoms with Crippen molar-refractivity contribution >= 4 is 72.3 Å². The number of carbonyl (C=O) groups is 2. The maximum Gasteiger partial charge on any atom is 0.296 e. The number of allylic oxidation sites excluding steroid dienone is 1. The van der Waals surface area contributed by atoms with Gasteiger partial charge in [-0.15, -0.1) is 0 Å². The summed E-state index contributed by atoms with van der Waals surface area (Å²) in [7, 11) is -16.7. The van der Waals surface area contributed by atoms with Crippen molar-refractivity contribution in [2.75, 3.05) is 20.6 Å². The van der Waals surface area contributed by atoms with Gasteiger partial charge in [0.2, 0.25) is 11.8 Å². The topological polar surface area (TPSA) is 377 Å². The summed E-state index contributed by atoms with van der Waals surface area (Å²) in [6, 6.07) is 4.23. The first-order chi connectivity index (χ1) is 27.4. The molecule has 2 aromatic heterocycles. The molecular weight excluding hydrogens is 871 g/mol. The fraction of sp³-hybridized carbons (Fsp3) is 0.161. The molecule has 2 aromatic carbocycles. The number of hydrogen-bond acceptors (Lipinski definition) is 16. The van der Waals surface area contributed by atoms with E-state index in [9.17, 15) is 72.4 Å². The largest absolute Gasteiger partial charge is 0.428 e. The minimum Gasteiger partial charge on any atom is -0.428 e. The molecule has 1 fully saturated rings. The van der Waals surface area contributed by atoms with Gasteiger partial charge in [-0.1, -0.05) is 5.73 Å². The molecule has 0 atom stereocenters. The van der Waals surface area contributed by atoms with Crippen molar-refractivity contribution in [1.29, 1.82) is 0 Å². The molecule has 59 heavy (non-hydrogen) atoms. The Morgan fingerprint density at radius 1 is 0.831 bits per heavy atom. The van der Waals surface area contributed by atoms with Crippen molar-refractivity contribution in [1.82, 2.24) is 29.8 Å². The van der Waals surface area contributed by atoms with E-state index in [2.05, 4.69) is 26.2 Å². The van der Waals surface area contributed by atoms with E-state index in [1.165, 1.54) is 19.0 Å². The maximum atomic E-state index is 13.9. The fourth-order valence-corrected chi connectivity index (χ4v) is 7.89. The number of nitrogens with zero attached hydrogens (tertiary/aromatic N) is 4. The van der Waals surface area contributed by atoms with Crippen LogP contribution in [0.25, 0.3) is 23.5 Å². The Hall–Kier alpha value is -5.59. The number of H-pyrrole nitrogens is 2. The van der Waals surface area contributed by atoms with Crippen LogP contribution in [0.2, 0.25) is 0 Å². The van der Waals surface area contributed by atoms with Gasteiger partial charge in [-0.05, 0) is 55.0 Å². The predicted octanol–water partition coefficient (Wildman–Crippen LogP) is 2.53. The number of amides is 2. The lowest BCUT2D eigenvalue weighted by Crippen LogP contribution is -2.23. The summed E-state index contributed by atoms with van der Waals surface area (Å²) in [5.74, 6) is -1.85. The number of nitrogens with one attached hydrogen (secondary N) is 3. The molecule has 0 saturated carbocycles. The molecule has 3 heterocycles. The van der Waals surface area contributed by atoms with Gasteiger partial charge >= 0.3 is 0 Å². The zero-order valence-electron chi connectivity index (χ0n) is 30.1. The highest BCUT2D eigenvalue weighted by atomic mass is 32.3. The minimum absolute atomic E-state index is 0.0510. The van der Waals surface area contributed by atoms with E-state index in [4.69, 9.17) is 4.74 Å². The lowest BCUT2D eigenvalue weighted by atomic mass is 10.2. The summed E-state index contributed by atoms with van der Waals surface area (Å²) in [4.78, 5) is 55.3. The van der Waals surface area contributed by atoms with E-state index in [1.54, 1.807) is 0 Å². The number of ether oxygens (including phenoxy) is 1. The molecule has 1 aliphatic heterocycles. The molecule has 0 bridgehead atoms. The summed E-state index contributed by atoms with van der Waals surface area (Å²) in [6.07, 6.45) is 4.32. The SMILES string of the molecule is CN=COc1[nH]n(-c2cc(S(O)(O)O)ccc2S(=O)(=O)O)c(=O)c1C=C=C(C=Cc1c(C(=O)NC)[nH]n(-c2cc(S(O)(O)O)ccc2S(=O)(=O)O)c1=O)N1CCCC1=O. The van der Waals surface area contributed by atoms with Crippen LogP contribution in [0.15, 0.2) is 88.1 Å². The first-order valence-corrected chi connectivity index (χ1v) is 22.0. The Kier molecular flexibility index (Phi) is 12.5. The highest BCUT2D eigenvalue weighted by Crippen LogP contribution is 2.45. The van der Waals surface area contributed by atoms with Gasteiger partial charge in [0.25, 0.3) is 37.3 Å². The van der Waals surface area contributed by atoms with Crippen LogP contribution in [0.4, 0.5) is 0 Å². The normalized spacial score (nSPS) is 14.5. The quantitative estimate of drug-likeness (QED) is 0.0302. The molecule has 24 nitrogen and oxygen atoms in total. The molecule has 0 unspecified atom stereocenters. The van der Waals surface area contributed by atoms with Gasteiger partial charge in [0.05, 0.1) is 32.4 Å². The third-order valence-corrected chi connectivity index (χ3v) is 11.8. The van der Waals surface area contributed by atoms with Crippen LogP contribution in [-0.4, -0.2) is 117 Å². The Bertz CT molecular complexity index is 2840. The molecule has 11 N–H and O–H groups in total. The summed E-state index contributed by atoms with van der Waals surface area (Å²) in [5, 5.41) is 7.08. The van der Waals surface area contributed by atoms with Crippen LogP contribution in [0, 0.1) is 0 Å². The van der Waals surface area contributed by atoms with Gasteiger partial charge < -0.3 is 42.3 Å². The monoisotopic (exact) mass is 903 g/mol. The Morgan fingerprint density at radius 3 is 1.81 bits per heavy atom. The number of rotatable bonds is 13. The number of aromatic nitrogens is 4. The lowest BCUT2D eigenvalue weighted by Gasteiger charge is -2.20. The first-order valence-electron chi connectivity index (χ1n) is 16.1. The number of aliphatic imine (C=N–C) groups is 1. The highest BCUT2D eigenvalue weighted by molar-refractivity contribution is 8.19. The Balaban J connectivity index is 1.76. The van der Waals surface area contributed by atoms with Crippen molar-refractivity contribution < 1.29 is 67.6 Å². The van der Waals surface area contributed by atoms with E-state index >= 15 is 0 Å². The molecular formula is C31H33N7O17S4. The molecule has 1 aliphatic rings. The molecule has 4 aromatic rings. The van der Waals surface area contributed by atoms with Crippen LogP contribution >= 0.6 is 21.7 Å². The van der Waals surface area contributed by atoms with Crippen LogP contribution in [0.1, 0.15) is 34.5 Å². The number of carbonyl (C=O) groups excluding carboxylic acids is 2. The zero-order valence-corrected chi connectivity index (χ0v) is 33.3. The number of likely N-dealkylation sites (tertiary alicyclic amines) is 1. The molecule has 0 spiro atoms. The molecule has 318 valence electrons. The van der Waals surface area contributed by atoms with Gasteiger partial charge in [-0.25, -0.2) is 9.36 Å². The van der Waals surface area contributed by atoms with E-state index in [1.807, 2.05) is 0 Å². The molecule has 0 radical (unpaired) electrons. The summed E-state index contributed by atoms with van der Waals surface area (Å²) < 4.78 is 134. The standard InChI is InChI=1S/C31H33N7O17S4/c1-32-16-55-29-21(31(42)38(35-29)23-15-19(57(46,47)48)8-12-25(23)59(52,53)54)10-6-17(36-13-3-4-26(36)39)5-9-20-27(28(40)33-2)34-37(30(20)41)22-14-18(56(43,44)45)7-11-24(22)58(49,50)51/h5,7-12,14-16,34-35,43-48H,3-4,13H2,1-2H3,(H,33,40)(H,49,50,51)(H,52,53,54). The second-order valence-corrected chi connectivity index (χ2v) is 17.8. The lowest BCUT2D eigenvalue weighted by molar-refractivity contribution is -0.125. The third kappa shape index (κ3) is 9.50. The van der Waals surface area contributed by atoms with Crippen molar-refractivity contribution in [3.63, 3.8) is 0 Å². The number of hydrogen-bond donors (Lipinski definition) is 11. The van der Waals surface area contributed by atoms with E-state index in [-0.39, 0.29) is 18.7 Å². The van der Waals surface area contributed by atoms with Gasteiger partial charge in [-0.2, -0.15) is 16.8 Å². The average molecular weight is 904 g/mol. The molecule has 0 aliphatic carbocycles. The summed E-state index contributed by atoms with van der Waals surface area (Å²) in [5.41, 5.74) is -2.69. The van der Waals surface area contributed by atoms with Crippen molar-refractivity contribution in [3.05, 3.63) is 91.4 Å². The Morgan fingerprint density at radius 2 is 1.36 bits per heavy atom. The van der Waals surface area contributed by atoms with Gasteiger partial charge in [0, 0.05) is 33.1 Å². The van der Waals surface area contributed by atoms with Crippen molar-refractivity contribution in [2.24, 2.45) is 4.99 Å². The van der Waals surface area contributed by atoms with Crippen molar-refractivity contribution in [2.45, 2.75) is 32.4 Å². The molecule has 1 saturated heterocycles. The third-order valence-electron chi connectivity index (χ3n) is 8.22. The Labute approximate surface area is 335 Å². The van der Waals surface area contributed by atoms with Crippen LogP contribution in [-0.2, 0) is 25.0 Å². The molecule has 28 heteroatoms. The molecule has 5 rings (SSSR count). The van der Waals surface area contributed by atoms with Gasteiger partial charge in [0.15, 0.2) is 6.40 Å². The number of aromatic amines is 2. The fourth-order valence-electron chi connectivity index (χ4n) is 5.54. The summed E-state index contributed by atoms with van der Waals surface area (Å²) in [6.45, 7) is 0.0817. The van der Waals surface area contributed by atoms with Crippen LogP contribution in [0.3, 0.4) is 0 Å². The predicted molar refractivity (Wildman–Crippen MR) is 210 cm³/mol. The average Bonchev–Trinajstić information content (AvgIpc) is 3.82. The first kappa shape index (κ1) is 44.5. The van der Waals surface area contributed by atoms with Crippen LogP contribution in [0.5, 0.6) is 5.88 Å². The second-order valence-electron chi connectivity index (χ2n) is 12.0. The minimum atomic E-state index is -5.13. The van der Waals surface area contributed by atoms with E-state index < -0.39 is 119 Å². The summed E-state index contributed by atoms with van der Waals surface area (Å²) >= 11 is 0. The zero-order chi connectivity index (χ0) is 43.8. The van der Waals surface area contributed by atoms with Gasteiger partial charge in [-0.3, -0.25) is 43.5 Å². The smallest absolute Gasteiger partial charge is 0.296 e. The van der Waals surface area contributed by atoms with Crippen molar-refractivity contribution in [3.8, 4) is 17.3 Å².